The molecule has 0 rings (SSSR count). The van der Waals surface area contributed by atoms with Crippen molar-refractivity contribution in [3.63, 3.8) is 0 Å². The number of carbonyl (C=O) groups excluding carboxylic acids is 2. The number of ether oxygens (including phenoxy) is 2. The van der Waals surface area contributed by atoms with Gasteiger partial charge < -0.3 is 34.6 Å². The van der Waals surface area contributed by atoms with Gasteiger partial charge in [-0.2, -0.15) is 0 Å². The number of allylic oxidation sites excluding steroid dienone is 12. The smallest absolute Gasteiger partial charge is 0.463 e. The zero-order chi connectivity index (χ0) is 43.2. The fraction of sp³-hybridized carbons (Fsp3) is 0.659. The van der Waals surface area contributed by atoms with E-state index in [4.69, 9.17) is 9.47 Å². The monoisotopic (exact) mass is 864 g/mol. The van der Waals surface area contributed by atoms with Crippen LogP contribution in [0, 0.1) is 0 Å². The van der Waals surface area contributed by atoms with E-state index in [0.717, 1.165) is 38.5 Å². The number of carbonyl (C=O) groups is 2. The molecule has 0 heterocycles. The van der Waals surface area contributed by atoms with E-state index in [-0.39, 0.29) is 12.8 Å². The lowest BCUT2D eigenvalue weighted by Gasteiger charge is -2.19. The summed E-state index contributed by atoms with van der Waals surface area (Å²) < 4.78 is 52.6. The molecule has 5 atom stereocenters. The predicted octanol–water partition coefficient (Wildman–Crippen LogP) is 8.04. The van der Waals surface area contributed by atoms with E-state index in [1.54, 1.807) is 0 Å². The van der Waals surface area contributed by atoms with Crippen molar-refractivity contribution in [3.05, 3.63) is 72.9 Å². The number of phosphoric acid groups is 2. The van der Waals surface area contributed by atoms with Crippen LogP contribution in [-0.2, 0) is 46.3 Å². The van der Waals surface area contributed by atoms with Gasteiger partial charge in [0.1, 0.15) is 31.5 Å². The Hall–Kier alpha value is -2.52. The van der Waals surface area contributed by atoms with Crippen LogP contribution in [0.15, 0.2) is 72.9 Å². The van der Waals surface area contributed by atoms with Gasteiger partial charge >= 0.3 is 27.6 Å². The summed E-state index contributed by atoms with van der Waals surface area (Å²) in [5, 5.41) is 29.9. The zero-order valence-electron chi connectivity index (χ0n) is 34.4. The molecule has 5 unspecified atom stereocenters. The Morgan fingerprint density at radius 1 is 0.483 bits per heavy atom. The third kappa shape index (κ3) is 39.0. The largest absolute Gasteiger partial charge is 0.472 e. The van der Waals surface area contributed by atoms with E-state index in [9.17, 15) is 43.8 Å². The van der Waals surface area contributed by atoms with E-state index in [0.29, 0.717) is 12.8 Å². The molecule has 0 aromatic carbocycles. The first-order valence-corrected chi connectivity index (χ1v) is 23.3. The van der Waals surface area contributed by atoms with E-state index in [1.807, 2.05) is 54.7 Å². The fourth-order valence-corrected chi connectivity index (χ4v) is 6.16. The van der Waals surface area contributed by atoms with Crippen LogP contribution >= 0.6 is 15.6 Å². The number of unbranched alkanes of at least 4 members (excludes halogenated alkanes) is 9. The minimum absolute atomic E-state index is 0.0871. The molecule has 58 heavy (non-hydrogen) atoms. The van der Waals surface area contributed by atoms with Crippen molar-refractivity contribution in [2.75, 3.05) is 39.6 Å². The van der Waals surface area contributed by atoms with Crippen molar-refractivity contribution in [2.24, 2.45) is 0 Å². The average Bonchev–Trinajstić information content (AvgIpc) is 3.19. The summed E-state index contributed by atoms with van der Waals surface area (Å²) in [7, 11) is -9.59. The fourth-order valence-electron chi connectivity index (χ4n) is 4.57. The summed E-state index contributed by atoms with van der Waals surface area (Å²) in [6, 6.07) is 0. The molecule has 0 saturated carbocycles. The van der Waals surface area contributed by atoms with Gasteiger partial charge in [0, 0.05) is 12.8 Å². The number of phosphoric ester groups is 2. The number of rotatable bonds is 38. The van der Waals surface area contributed by atoms with E-state index >= 15 is 0 Å². The second kappa shape index (κ2) is 37.5. The number of esters is 2. The van der Waals surface area contributed by atoms with Gasteiger partial charge in [-0.05, 0) is 51.4 Å². The Morgan fingerprint density at radius 2 is 0.897 bits per heavy atom. The maximum Gasteiger partial charge on any atom is 0.472 e. The third-order valence-electron chi connectivity index (χ3n) is 7.75. The molecule has 0 saturated heterocycles. The molecule has 5 N–H and O–H groups in total. The van der Waals surface area contributed by atoms with Crippen LogP contribution in [0.25, 0.3) is 0 Å². The summed E-state index contributed by atoms with van der Waals surface area (Å²) >= 11 is 0. The highest BCUT2D eigenvalue weighted by Gasteiger charge is 2.28. The molecule has 0 spiro atoms. The topological polar surface area (TPSA) is 225 Å². The van der Waals surface area contributed by atoms with Gasteiger partial charge in [0.25, 0.3) is 0 Å². The van der Waals surface area contributed by atoms with Crippen molar-refractivity contribution in [2.45, 2.75) is 135 Å². The maximum absolute atomic E-state index is 12.1. The Labute approximate surface area is 345 Å². The molecule has 17 heteroatoms. The quantitative estimate of drug-likeness (QED) is 0.0130. The Balaban J connectivity index is 4.05. The molecular formula is C41H70O15P2. The predicted molar refractivity (Wildman–Crippen MR) is 223 cm³/mol. The Kier molecular flexibility index (Phi) is 35.8. The van der Waals surface area contributed by atoms with Gasteiger partial charge in [-0.3, -0.25) is 27.7 Å². The van der Waals surface area contributed by atoms with Gasteiger partial charge in [-0.1, -0.05) is 125 Å². The van der Waals surface area contributed by atoms with E-state index in [1.165, 1.54) is 38.5 Å². The van der Waals surface area contributed by atoms with Gasteiger partial charge in [-0.15, -0.1) is 0 Å². The second-order valence-electron chi connectivity index (χ2n) is 13.4. The molecule has 0 aliphatic carbocycles. The molecular weight excluding hydrogens is 794 g/mol. The van der Waals surface area contributed by atoms with Crippen molar-refractivity contribution in [3.8, 4) is 0 Å². The molecule has 15 nitrogen and oxygen atoms in total. The lowest BCUT2D eigenvalue weighted by Crippen LogP contribution is -2.25. The van der Waals surface area contributed by atoms with Crippen LogP contribution in [0.2, 0.25) is 0 Å². The maximum atomic E-state index is 12.1. The van der Waals surface area contributed by atoms with Crippen molar-refractivity contribution < 1.29 is 71.4 Å². The van der Waals surface area contributed by atoms with Gasteiger partial charge in [0.2, 0.25) is 0 Å². The van der Waals surface area contributed by atoms with Gasteiger partial charge in [-0.25, -0.2) is 9.13 Å². The first-order chi connectivity index (χ1) is 27.8. The minimum atomic E-state index is -4.80. The van der Waals surface area contributed by atoms with Crippen molar-refractivity contribution in [1.29, 1.82) is 0 Å². The van der Waals surface area contributed by atoms with Crippen molar-refractivity contribution in [1.82, 2.24) is 0 Å². The third-order valence-corrected chi connectivity index (χ3v) is 9.66. The average molecular weight is 865 g/mol. The van der Waals surface area contributed by atoms with Crippen LogP contribution in [0.1, 0.15) is 117 Å². The normalized spacial score (nSPS) is 16.2. The summed E-state index contributed by atoms with van der Waals surface area (Å²) in [6.45, 7) is 0.0977. The first-order valence-electron chi connectivity index (χ1n) is 20.3. The van der Waals surface area contributed by atoms with Crippen LogP contribution < -0.4 is 0 Å². The van der Waals surface area contributed by atoms with E-state index in [2.05, 4.69) is 50.2 Å². The minimum Gasteiger partial charge on any atom is -0.463 e. The lowest BCUT2D eigenvalue weighted by atomic mass is 10.1. The number of aliphatic hydroxyl groups excluding tert-OH is 3. The molecule has 334 valence electrons. The lowest BCUT2D eigenvalue weighted by molar-refractivity contribution is -0.148. The summed E-state index contributed by atoms with van der Waals surface area (Å²) in [4.78, 5) is 43.5. The standard InChI is InChI=1S/C41H70O15P2/c1-3-5-7-9-11-13-15-17-19-21-23-25-27-29-40(45)51-31-37(42)33-53-57(47,48)55-35-39(44)36-56-58(49,50)54-34-38(43)32-52-41(46)30-28-26-24-22-20-18-16-14-12-10-8-6-4-2/h5,7,9,11,13,15,17-20,24,26,37-39,42-44H,3-4,6,8,10,12,14,16,21-23,25,27-36H2,1-2H3,(H,47,48)(H,49,50)/b7-5+,11-9+,15-13-,19-17-,20-18-,26-24+. The number of hydrogen-bond acceptors (Lipinski definition) is 13. The highest BCUT2D eigenvalue weighted by molar-refractivity contribution is 7.47. The van der Waals surface area contributed by atoms with Crippen LogP contribution in [0.3, 0.4) is 0 Å². The molecule has 0 amide bonds. The summed E-state index contributed by atoms with van der Waals surface area (Å²) in [5.74, 6) is -1.11. The van der Waals surface area contributed by atoms with E-state index < -0.39 is 85.5 Å². The summed E-state index contributed by atoms with van der Waals surface area (Å²) in [5.41, 5.74) is 0. The molecule has 0 aliphatic heterocycles. The highest BCUT2D eigenvalue weighted by atomic mass is 31.2. The molecule has 0 aromatic heterocycles. The molecule has 0 radical (unpaired) electrons. The zero-order valence-corrected chi connectivity index (χ0v) is 36.2. The van der Waals surface area contributed by atoms with Gasteiger partial charge in [0.05, 0.1) is 26.4 Å². The van der Waals surface area contributed by atoms with Crippen LogP contribution in [0.4, 0.5) is 0 Å². The Bertz CT molecular complexity index is 1330. The van der Waals surface area contributed by atoms with Crippen LogP contribution in [-0.4, -0.2) is 95.0 Å². The molecule has 0 aromatic rings. The molecule has 0 fully saturated rings. The molecule has 0 aliphatic rings. The van der Waals surface area contributed by atoms with Crippen LogP contribution in [0.5, 0.6) is 0 Å². The highest BCUT2D eigenvalue weighted by Crippen LogP contribution is 2.45. The van der Waals surface area contributed by atoms with Gasteiger partial charge in [0.15, 0.2) is 0 Å². The Morgan fingerprint density at radius 3 is 1.43 bits per heavy atom. The molecule has 0 bridgehead atoms. The number of hydrogen-bond donors (Lipinski definition) is 5. The first kappa shape index (κ1) is 55.5. The summed E-state index contributed by atoms with van der Waals surface area (Å²) in [6.07, 6.45) is 33.6. The van der Waals surface area contributed by atoms with Crippen molar-refractivity contribution >= 4 is 27.6 Å². The second-order valence-corrected chi connectivity index (χ2v) is 16.3. The SMILES string of the molecule is CC/C=C/C=C/C=C\C=C/CCCCCC(=O)OCC(O)COP(=O)(O)OCC(O)COP(=O)(O)OCC(O)COC(=O)CC/C=C/C/C=C\CCCCCCCC. The number of aliphatic hydroxyl groups is 3.